The smallest absolute Gasteiger partial charge is 0.136 e. The van der Waals surface area contributed by atoms with Crippen LogP contribution in [0.1, 0.15) is 49.8 Å². The number of furan rings is 1. The van der Waals surface area contributed by atoms with Crippen LogP contribution in [-0.4, -0.2) is 5.71 Å². The van der Waals surface area contributed by atoms with Crippen molar-refractivity contribution in [1.82, 2.24) is 0 Å². The molecule has 0 amide bonds. The van der Waals surface area contributed by atoms with Gasteiger partial charge in [-0.3, -0.25) is 4.99 Å². The van der Waals surface area contributed by atoms with Crippen molar-refractivity contribution in [2.75, 3.05) is 0 Å². The minimum atomic E-state index is 0.151. The van der Waals surface area contributed by atoms with Crippen LogP contribution in [-0.2, 0) is 0 Å². The van der Waals surface area contributed by atoms with E-state index >= 15 is 0 Å². The summed E-state index contributed by atoms with van der Waals surface area (Å²) in [4.78, 5) is 5.72. The average molecular weight is 834 g/mol. The molecule has 0 radical (unpaired) electrons. The molecule has 2 nitrogen and oxygen atoms in total. The quantitative estimate of drug-likeness (QED) is 0.153. The van der Waals surface area contributed by atoms with Gasteiger partial charge in [0.15, 0.2) is 0 Å². The summed E-state index contributed by atoms with van der Waals surface area (Å²) in [5.41, 5.74) is 15.0. The van der Waals surface area contributed by atoms with E-state index in [4.69, 9.17) is 9.41 Å². The standard InChI is InChI=1S/C63H47NO/c1-3-41-39-59(64-58(45-16-5-4-6-17-45)34-24-40(2)62(41)49-30-28-44-27-26-43-15-9-10-19-50(43)56(44)38-49)54-33-32-53(51-20-11-12-21-52(51)54)55-22-13-23-61-63(55)57-37-48(31-35-60(57)65-61)47-29-25-42-14-7-8-18-46(42)36-47/h4-23,25-33,35-39,41H,3,24,34H2,1-2H3/b59-39-,62-40?,64-58?. The third-order valence-corrected chi connectivity index (χ3v) is 13.9. The van der Waals surface area contributed by atoms with E-state index in [-0.39, 0.29) is 5.92 Å². The van der Waals surface area contributed by atoms with Gasteiger partial charge in [0, 0.05) is 28.0 Å². The molecule has 65 heavy (non-hydrogen) atoms. The number of aliphatic imine (C=N–C) groups is 1. The Balaban J connectivity index is 1.03. The van der Waals surface area contributed by atoms with Crippen molar-refractivity contribution in [3.8, 4) is 22.3 Å². The number of rotatable bonds is 6. The molecule has 0 N–H and O–H groups in total. The molecule has 10 aromatic carbocycles. The number of nitrogens with zero attached hydrogens (tertiary/aromatic N) is 1. The zero-order valence-electron chi connectivity index (χ0n) is 36.7. The second-order valence-corrected chi connectivity index (χ2v) is 17.7. The lowest BCUT2D eigenvalue weighted by atomic mass is 9.83. The van der Waals surface area contributed by atoms with E-state index in [2.05, 4.69) is 220 Å². The highest BCUT2D eigenvalue weighted by molar-refractivity contribution is 6.17. The van der Waals surface area contributed by atoms with Gasteiger partial charge in [0.05, 0.1) is 5.70 Å². The SMILES string of the molecule is CCC1/C=C(/c2ccc(-c3cccc4oc5ccc(-c6ccc7ccccc7c6)cc5c34)c3ccccc23)N=C(c2ccccc2)CCC(C)=C1c1ccc2ccc3ccccc3c2c1. The minimum Gasteiger partial charge on any atom is -0.456 e. The molecule has 310 valence electrons. The normalized spacial score (nSPS) is 15.6. The highest BCUT2D eigenvalue weighted by Crippen LogP contribution is 2.44. The average Bonchev–Trinajstić information content (AvgIpc) is 3.77. The molecule has 0 bridgehead atoms. The predicted octanol–water partition coefficient (Wildman–Crippen LogP) is 17.7. The lowest BCUT2D eigenvalue weighted by molar-refractivity contribution is 0.669. The van der Waals surface area contributed by atoms with Crippen LogP contribution in [0.2, 0.25) is 0 Å². The molecule has 1 aliphatic heterocycles. The van der Waals surface area contributed by atoms with Crippen molar-refractivity contribution in [3.05, 3.63) is 229 Å². The lowest BCUT2D eigenvalue weighted by Gasteiger charge is -2.21. The summed E-state index contributed by atoms with van der Waals surface area (Å²) in [5, 5.41) is 12.2. The van der Waals surface area contributed by atoms with Gasteiger partial charge < -0.3 is 4.42 Å². The summed E-state index contributed by atoms with van der Waals surface area (Å²) in [6.45, 7) is 4.67. The molecule has 1 unspecified atom stereocenters. The summed E-state index contributed by atoms with van der Waals surface area (Å²) in [6.07, 6.45) is 5.20. The van der Waals surface area contributed by atoms with Gasteiger partial charge in [-0.25, -0.2) is 0 Å². The predicted molar refractivity (Wildman–Crippen MR) is 278 cm³/mol. The first-order valence-corrected chi connectivity index (χ1v) is 23.0. The maximum absolute atomic E-state index is 6.59. The van der Waals surface area contributed by atoms with E-state index in [1.165, 1.54) is 82.1 Å². The summed E-state index contributed by atoms with van der Waals surface area (Å²) in [6, 6.07) is 73.1. The highest BCUT2D eigenvalue weighted by atomic mass is 16.3. The Labute approximate surface area is 379 Å². The molecule has 0 saturated carbocycles. The van der Waals surface area contributed by atoms with Crippen LogP contribution in [0.3, 0.4) is 0 Å². The van der Waals surface area contributed by atoms with Crippen molar-refractivity contribution >= 4 is 82.0 Å². The fourth-order valence-electron chi connectivity index (χ4n) is 10.6. The van der Waals surface area contributed by atoms with Gasteiger partial charge in [-0.15, -0.1) is 0 Å². The van der Waals surface area contributed by atoms with Gasteiger partial charge in [-0.1, -0.05) is 188 Å². The van der Waals surface area contributed by atoms with Gasteiger partial charge in [0.25, 0.3) is 0 Å². The molecule has 0 spiro atoms. The monoisotopic (exact) mass is 833 g/mol. The van der Waals surface area contributed by atoms with Crippen molar-refractivity contribution in [3.63, 3.8) is 0 Å². The van der Waals surface area contributed by atoms with Crippen LogP contribution in [0.5, 0.6) is 0 Å². The molecular formula is C63H47NO. The lowest BCUT2D eigenvalue weighted by Crippen LogP contribution is -2.04. The fourth-order valence-corrected chi connectivity index (χ4v) is 10.6. The molecule has 1 aliphatic rings. The highest BCUT2D eigenvalue weighted by Gasteiger charge is 2.23. The van der Waals surface area contributed by atoms with Crippen molar-refractivity contribution in [2.45, 2.75) is 33.1 Å². The molecule has 0 fully saturated rings. The number of benzene rings is 10. The molecule has 0 saturated heterocycles. The molecule has 12 rings (SSSR count). The third-order valence-electron chi connectivity index (χ3n) is 13.9. The number of allylic oxidation sites excluding steroid dienone is 3. The van der Waals surface area contributed by atoms with Gasteiger partial charge >= 0.3 is 0 Å². The maximum Gasteiger partial charge on any atom is 0.136 e. The number of hydrogen-bond acceptors (Lipinski definition) is 2. The molecule has 11 aromatic rings. The Morgan fingerprint density at radius 3 is 1.91 bits per heavy atom. The van der Waals surface area contributed by atoms with Crippen molar-refractivity contribution in [2.24, 2.45) is 10.9 Å². The third kappa shape index (κ3) is 6.85. The van der Waals surface area contributed by atoms with Crippen LogP contribution < -0.4 is 0 Å². The van der Waals surface area contributed by atoms with Crippen LogP contribution in [0, 0.1) is 5.92 Å². The van der Waals surface area contributed by atoms with Crippen molar-refractivity contribution in [1.29, 1.82) is 0 Å². The summed E-state index contributed by atoms with van der Waals surface area (Å²) in [7, 11) is 0. The molecule has 2 heterocycles. The Kier molecular flexibility index (Phi) is 9.60. The maximum atomic E-state index is 6.59. The molecule has 1 aromatic heterocycles. The first-order chi connectivity index (χ1) is 32.1. The fraction of sp³-hybridized carbons (Fsp3) is 0.0952. The van der Waals surface area contributed by atoms with Gasteiger partial charge in [0.2, 0.25) is 0 Å². The minimum absolute atomic E-state index is 0.151. The second-order valence-electron chi connectivity index (χ2n) is 17.7. The molecular weight excluding hydrogens is 787 g/mol. The van der Waals surface area contributed by atoms with Crippen LogP contribution in [0.4, 0.5) is 0 Å². The summed E-state index contributed by atoms with van der Waals surface area (Å²) < 4.78 is 6.59. The summed E-state index contributed by atoms with van der Waals surface area (Å²) >= 11 is 0. The summed E-state index contributed by atoms with van der Waals surface area (Å²) in [5.74, 6) is 0.151. The Morgan fingerprint density at radius 2 is 1.08 bits per heavy atom. The van der Waals surface area contributed by atoms with E-state index in [0.717, 1.165) is 63.7 Å². The van der Waals surface area contributed by atoms with E-state index in [0.29, 0.717) is 0 Å². The van der Waals surface area contributed by atoms with E-state index in [1.54, 1.807) is 0 Å². The van der Waals surface area contributed by atoms with Crippen LogP contribution in [0.15, 0.2) is 221 Å². The molecule has 2 heteroatoms. The number of hydrogen-bond donors (Lipinski definition) is 0. The second kappa shape index (κ2) is 16.1. The van der Waals surface area contributed by atoms with E-state index in [1.807, 2.05) is 0 Å². The van der Waals surface area contributed by atoms with Gasteiger partial charge in [-0.05, 0) is 139 Å². The Morgan fingerprint density at radius 1 is 0.446 bits per heavy atom. The molecule has 0 aliphatic carbocycles. The first-order valence-electron chi connectivity index (χ1n) is 23.0. The zero-order chi connectivity index (χ0) is 43.4. The first kappa shape index (κ1) is 38.8. The van der Waals surface area contributed by atoms with E-state index < -0.39 is 0 Å². The Hall–Kier alpha value is -7.81. The number of fused-ring (bicyclic) bond motifs is 8. The van der Waals surface area contributed by atoms with Crippen molar-refractivity contribution < 1.29 is 4.42 Å². The van der Waals surface area contributed by atoms with Gasteiger partial charge in [0.1, 0.15) is 11.2 Å². The topological polar surface area (TPSA) is 25.5 Å². The van der Waals surface area contributed by atoms with Crippen LogP contribution in [0.25, 0.3) is 98.6 Å². The van der Waals surface area contributed by atoms with Crippen LogP contribution >= 0.6 is 0 Å². The van der Waals surface area contributed by atoms with Gasteiger partial charge in [-0.2, -0.15) is 0 Å². The van der Waals surface area contributed by atoms with E-state index in [9.17, 15) is 0 Å². The Bertz CT molecular complexity index is 3770. The molecule has 1 atom stereocenters. The zero-order valence-corrected chi connectivity index (χ0v) is 36.7. The largest absolute Gasteiger partial charge is 0.456 e.